The molecule has 0 aliphatic heterocycles. The van der Waals surface area contributed by atoms with Crippen molar-refractivity contribution in [3.05, 3.63) is 64.2 Å². The monoisotopic (exact) mass is 535 g/mol. The molecule has 7 nitrogen and oxygen atoms in total. The van der Waals surface area contributed by atoms with Crippen molar-refractivity contribution >= 4 is 39.1 Å². The Labute approximate surface area is 220 Å². The van der Waals surface area contributed by atoms with Crippen LogP contribution in [0.25, 0.3) is 0 Å². The van der Waals surface area contributed by atoms with Gasteiger partial charge in [-0.1, -0.05) is 55.8 Å². The highest BCUT2D eigenvalue weighted by molar-refractivity contribution is 7.92. The summed E-state index contributed by atoms with van der Waals surface area (Å²) in [6.45, 7) is 8.50. The second kappa shape index (κ2) is 13.7. The van der Waals surface area contributed by atoms with Crippen molar-refractivity contribution in [3.8, 4) is 0 Å². The van der Waals surface area contributed by atoms with Crippen LogP contribution in [0.3, 0.4) is 0 Å². The van der Waals surface area contributed by atoms with Crippen molar-refractivity contribution in [1.29, 1.82) is 0 Å². The van der Waals surface area contributed by atoms with E-state index < -0.39 is 16.1 Å². The highest BCUT2D eigenvalue weighted by Gasteiger charge is 2.29. The number of hydrogen-bond acceptors (Lipinski definition) is 4. The molecule has 2 aromatic rings. The van der Waals surface area contributed by atoms with Crippen LogP contribution in [-0.4, -0.2) is 50.5 Å². The van der Waals surface area contributed by atoms with Crippen LogP contribution in [0.1, 0.15) is 56.2 Å². The predicted octanol–water partition coefficient (Wildman–Crippen LogP) is 4.84. The summed E-state index contributed by atoms with van der Waals surface area (Å²) in [4.78, 5) is 27.9. The number of amides is 2. The van der Waals surface area contributed by atoms with Gasteiger partial charge in [-0.05, 0) is 61.9 Å². The van der Waals surface area contributed by atoms with Gasteiger partial charge in [0, 0.05) is 31.1 Å². The van der Waals surface area contributed by atoms with Gasteiger partial charge in [-0.2, -0.15) is 0 Å². The Morgan fingerprint density at radius 2 is 1.78 bits per heavy atom. The molecular formula is C27H38ClN3O4S. The summed E-state index contributed by atoms with van der Waals surface area (Å²) in [5.41, 5.74) is 3.16. The number of hydrogen-bond donors (Lipinski definition) is 1. The number of nitrogens with zero attached hydrogens (tertiary/aromatic N) is 2. The molecule has 0 heterocycles. The summed E-state index contributed by atoms with van der Waals surface area (Å²) in [7, 11) is -3.55. The van der Waals surface area contributed by atoms with Crippen LogP contribution in [0.5, 0.6) is 0 Å². The van der Waals surface area contributed by atoms with Crippen LogP contribution in [0.4, 0.5) is 5.69 Å². The van der Waals surface area contributed by atoms with Gasteiger partial charge in [0.1, 0.15) is 6.04 Å². The average Bonchev–Trinajstić information content (AvgIpc) is 2.82. The summed E-state index contributed by atoms with van der Waals surface area (Å²) in [6, 6.07) is 12.3. The van der Waals surface area contributed by atoms with E-state index in [0.717, 1.165) is 23.1 Å². The first-order valence-corrected chi connectivity index (χ1v) is 14.6. The fourth-order valence-electron chi connectivity index (χ4n) is 4.07. The van der Waals surface area contributed by atoms with Crippen molar-refractivity contribution in [1.82, 2.24) is 10.2 Å². The minimum atomic E-state index is -3.55. The second-order valence-electron chi connectivity index (χ2n) is 9.06. The maximum Gasteiger partial charge on any atom is 0.242 e. The van der Waals surface area contributed by atoms with E-state index in [-0.39, 0.29) is 31.3 Å². The van der Waals surface area contributed by atoms with E-state index in [0.29, 0.717) is 30.1 Å². The van der Waals surface area contributed by atoms with Gasteiger partial charge < -0.3 is 10.2 Å². The van der Waals surface area contributed by atoms with Gasteiger partial charge in [0.25, 0.3) is 0 Å². The molecular weight excluding hydrogens is 498 g/mol. The minimum absolute atomic E-state index is 0.0961. The average molecular weight is 536 g/mol. The molecule has 1 N–H and O–H groups in total. The van der Waals surface area contributed by atoms with Crippen molar-refractivity contribution in [2.45, 2.75) is 66.0 Å². The number of carbonyl (C=O) groups excluding carboxylic acids is 2. The Morgan fingerprint density at radius 3 is 2.39 bits per heavy atom. The van der Waals surface area contributed by atoms with Gasteiger partial charge in [-0.3, -0.25) is 13.9 Å². The largest absolute Gasteiger partial charge is 0.354 e. The molecule has 0 spiro atoms. The minimum Gasteiger partial charge on any atom is -0.354 e. The van der Waals surface area contributed by atoms with Gasteiger partial charge in [-0.25, -0.2) is 8.42 Å². The first-order chi connectivity index (χ1) is 17.0. The van der Waals surface area contributed by atoms with E-state index in [4.69, 9.17) is 11.6 Å². The summed E-state index contributed by atoms with van der Waals surface area (Å²) in [5.74, 6) is -0.421. The Balaban J connectivity index is 2.25. The maximum absolute atomic E-state index is 13.5. The van der Waals surface area contributed by atoms with Gasteiger partial charge in [0.05, 0.1) is 11.9 Å². The molecule has 2 aromatic carbocycles. The summed E-state index contributed by atoms with van der Waals surface area (Å²) >= 11 is 6.36. The molecule has 198 valence electrons. The molecule has 2 amide bonds. The fourth-order valence-corrected chi connectivity index (χ4v) is 5.28. The molecule has 0 saturated heterocycles. The van der Waals surface area contributed by atoms with E-state index in [1.807, 2.05) is 64.1 Å². The van der Waals surface area contributed by atoms with Gasteiger partial charge in [0.15, 0.2) is 0 Å². The first-order valence-electron chi connectivity index (χ1n) is 12.3. The lowest BCUT2D eigenvalue weighted by molar-refractivity contribution is -0.141. The molecule has 0 fully saturated rings. The van der Waals surface area contributed by atoms with Crippen molar-refractivity contribution in [2.75, 3.05) is 23.7 Å². The number of sulfonamides is 1. The molecule has 0 radical (unpaired) electrons. The van der Waals surface area contributed by atoms with E-state index in [2.05, 4.69) is 5.32 Å². The number of aryl methyl sites for hydroxylation is 2. The van der Waals surface area contributed by atoms with Crippen molar-refractivity contribution in [3.63, 3.8) is 0 Å². The molecule has 0 bridgehead atoms. The maximum atomic E-state index is 13.5. The predicted molar refractivity (Wildman–Crippen MR) is 147 cm³/mol. The number of rotatable bonds is 13. The van der Waals surface area contributed by atoms with E-state index in [1.165, 1.54) is 10.6 Å². The van der Waals surface area contributed by atoms with Gasteiger partial charge in [0.2, 0.25) is 21.8 Å². The number of nitrogens with one attached hydrogen (secondary N) is 1. The number of carbonyl (C=O) groups is 2. The Hall–Kier alpha value is -2.58. The van der Waals surface area contributed by atoms with Crippen LogP contribution in [0, 0.1) is 13.8 Å². The van der Waals surface area contributed by atoms with Crippen LogP contribution >= 0.6 is 11.6 Å². The van der Waals surface area contributed by atoms with Crippen LogP contribution < -0.4 is 9.62 Å². The topological polar surface area (TPSA) is 86.8 Å². The number of halogens is 1. The highest BCUT2D eigenvalue weighted by Crippen LogP contribution is 2.25. The third kappa shape index (κ3) is 8.23. The first kappa shape index (κ1) is 29.6. The zero-order valence-corrected chi connectivity index (χ0v) is 23.5. The third-order valence-corrected chi connectivity index (χ3v) is 7.57. The molecule has 1 atom stereocenters. The van der Waals surface area contributed by atoms with E-state index in [1.54, 1.807) is 11.0 Å². The van der Waals surface area contributed by atoms with Crippen LogP contribution in [-0.2, 0) is 26.2 Å². The van der Waals surface area contributed by atoms with Gasteiger partial charge >= 0.3 is 0 Å². The van der Waals surface area contributed by atoms with Crippen molar-refractivity contribution < 1.29 is 18.0 Å². The summed E-state index contributed by atoms with van der Waals surface area (Å²) in [5, 5.41) is 3.42. The smallest absolute Gasteiger partial charge is 0.242 e. The van der Waals surface area contributed by atoms with E-state index in [9.17, 15) is 18.0 Å². The SMILES string of the molecule is CCCNC(=O)C(CC)N(Cc1ccccc1Cl)C(=O)CCCN(c1cc(C)ccc1C)S(C)(=O)=O. The molecule has 0 aromatic heterocycles. The quantitative estimate of drug-likeness (QED) is 0.398. The molecule has 36 heavy (non-hydrogen) atoms. The van der Waals surface area contributed by atoms with E-state index >= 15 is 0 Å². The summed E-state index contributed by atoms with van der Waals surface area (Å²) < 4.78 is 26.5. The lowest BCUT2D eigenvalue weighted by Gasteiger charge is -2.31. The Morgan fingerprint density at radius 1 is 1.08 bits per heavy atom. The molecule has 2 rings (SSSR count). The molecule has 9 heteroatoms. The normalized spacial score (nSPS) is 12.2. The Kier molecular flexibility index (Phi) is 11.2. The fraction of sp³-hybridized carbons (Fsp3) is 0.481. The lowest BCUT2D eigenvalue weighted by Crippen LogP contribution is -2.49. The zero-order chi connectivity index (χ0) is 26.9. The summed E-state index contributed by atoms with van der Waals surface area (Å²) in [6.07, 6.45) is 2.82. The molecule has 0 aliphatic rings. The standard InChI is InChI=1S/C27H38ClN3O4S/c1-6-16-29-27(33)24(7-2)30(19-22-11-8-9-12-23(22)28)26(32)13-10-17-31(36(5,34)35)25-18-20(3)14-15-21(25)4/h8-9,11-12,14-15,18,24H,6-7,10,13,16-17,19H2,1-5H3,(H,29,33). The Bertz CT molecular complexity index is 1150. The molecule has 0 saturated carbocycles. The third-order valence-electron chi connectivity index (χ3n) is 6.02. The van der Waals surface area contributed by atoms with Gasteiger partial charge in [-0.15, -0.1) is 0 Å². The second-order valence-corrected chi connectivity index (χ2v) is 11.4. The molecule has 0 aliphatic carbocycles. The van der Waals surface area contributed by atoms with Crippen LogP contribution in [0.2, 0.25) is 5.02 Å². The lowest BCUT2D eigenvalue weighted by atomic mass is 10.1. The highest BCUT2D eigenvalue weighted by atomic mass is 35.5. The number of anilines is 1. The number of benzene rings is 2. The van der Waals surface area contributed by atoms with Crippen molar-refractivity contribution in [2.24, 2.45) is 0 Å². The molecule has 1 unspecified atom stereocenters. The zero-order valence-electron chi connectivity index (χ0n) is 21.9. The van der Waals surface area contributed by atoms with Crippen LogP contribution in [0.15, 0.2) is 42.5 Å².